The van der Waals surface area contributed by atoms with E-state index in [-0.39, 0.29) is 0 Å². The average molecular weight is 502 g/mol. The minimum absolute atomic E-state index is 0.683. The Balaban J connectivity index is 1.87. The number of rotatable bonds is 8. The first kappa shape index (κ1) is 27.5. The summed E-state index contributed by atoms with van der Waals surface area (Å²) in [4.78, 5) is 11.6. The number of carboxylic acids is 1. The van der Waals surface area contributed by atoms with E-state index < -0.39 is 105 Å². The Morgan fingerprint density at radius 1 is 0.676 bits per heavy atom. The fraction of sp³-hybridized carbons (Fsp3) is 0.944. The number of carbonyl (C=O) groups is 1. The molecular formula is C18H30O16. The molecule has 0 saturated carbocycles. The molecule has 198 valence electrons. The Kier molecular flexibility index (Phi) is 9.15. The summed E-state index contributed by atoms with van der Waals surface area (Å²) < 4.78 is 32.0. The van der Waals surface area contributed by atoms with Crippen molar-refractivity contribution in [2.45, 2.75) is 86.0 Å². The van der Waals surface area contributed by atoms with Crippen LogP contribution in [0.3, 0.4) is 0 Å². The molecular weight excluding hydrogens is 472 g/mol. The number of hydrogen-bond donors (Lipinski definition) is 9. The highest BCUT2D eigenvalue weighted by molar-refractivity contribution is 5.73. The van der Waals surface area contributed by atoms with Crippen molar-refractivity contribution in [3.8, 4) is 0 Å². The van der Waals surface area contributed by atoms with Crippen LogP contribution in [0.25, 0.3) is 0 Å². The second-order valence-corrected chi connectivity index (χ2v) is 8.09. The Morgan fingerprint density at radius 3 is 1.62 bits per heavy atom. The lowest BCUT2D eigenvalue weighted by Gasteiger charge is -2.46. The molecule has 0 aliphatic carbocycles. The van der Waals surface area contributed by atoms with E-state index in [2.05, 4.69) is 0 Å². The Hall–Kier alpha value is -1.09. The summed E-state index contributed by atoms with van der Waals surface area (Å²) in [7, 11) is 1.11. The van der Waals surface area contributed by atoms with Crippen molar-refractivity contribution in [2.24, 2.45) is 0 Å². The molecule has 34 heavy (non-hydrogen) atoms. The fourth-order valence-electron chi connectivity index (χ4n) is 3.98. The van der Waals surface area contributed by atoms with Crippen LogP contribution in [-0.2, 0) is 33.2 Å². The molecule has 0 aromatic rings. The predicted octanol–water partition coefficient (Wildman–Crippen LogP) is -6.19. The highest BCUT2D eigenvalue weighted by Gasteiger charge is 2.55. The molecule has 0 radical (unpaired) electrons. The molecule has 0 amide bonds. The van der Waals surface area contributed by atoms with E-state index in [1.165, 1.54) is 0 Å². The van der Waals surface area contributed by atoms with Gasteiger partial charge in [0.05, 0.1) is 13.2 Å². The molecule has 3 heterocycles. The van der Waals surface area contributed by atoms with Gasteiger partial charge in [0.25, 0.3) is 0 Å². The normalized spacial score (nSPS) is 49.8. The standard InChI is InChI=1S/C18H30O16/c1-29-18-14(34-17-10(25)8(23)6(21)4(2-19)30-17)12(11(26)13(33-18)15(27)28)32-16-9(24)7(22)5(3-20)31-16/h4-14,16-26H,2-3H2,1H3,(H,27,28). The van der Waals surface area contributed by atoms with E-state index in [0.29, 0.717) is 0 Å². The van der Waals surface area contributed by atoms with Crippen LogP contribution in [0.1, 0.15) is 0 Å². The van der Waals surface area contributed by atoms with E-state index in [1.54, 1.807) is 0 Å². The molecule has 14 atom stereocenters. The van der Waals surface area contributed by atoms with Crippen LogP contribution in [0.15, 0.2) is 0 Å². The minimum atomic E-state index is -1.97. The van der Waals surface area contributed by atoms with Crippen LogP contribution in [0, 0.1) is 0 Å². The maximum Gasteiger partial charge on any atom is 0.335 e. The molecule has 14 unspecified atom stereocenters. The molecule has 0 aromatic heterocycles. The summed E-state index contributed by atoms with van der Waals surface area (Å²) in [6, 6.07) is 0. The van der Waals surface area contributed by atoms with Gasteiger partial charge in [0.1, 0.15) is 61.0 Å². The summed E-state index contributed by atoms with van der Waals surface area (Å²) in [5, 5.41) is 89.1. The van der Waals surface area contributed by atoms with Gasteiger partial charge in [0.2, 0.25) is 0 Å². The first-order valence-electron chi connectivity index (χ1n) is 10.4. The van der Waals surface area contributed by atoms with E-state index in [4.69, 9.17) is 28.4 Å². The van der Waals surface area contributed by atoms with Gasteiger partial charge < -0.3 is 74.4 Å². The summed E-state index contributed by atoms with van der Waals surface area (Å²) in [6.45, 7) is -1.44. The lowest BCUT2D eigenvalue weighted by Crippen LogP contribution is -2.66. The van der Waals surface area contributed by atoms with Gasteiger partial charge in [0.15, 0.2) is 25.0 Å². The van der Waals surface area contributed by atoms with Crippen molar-refractivity contribution < 1.29 is 79.2 Å². The smallest absolute Gasteiger partial charge is 0.335 e. The average Bonchev–Trinajstić information content (AvgIpc) is 3.09. The van der Waals surface area contributed by atoms with Crippen LogP contribution >= 0.6 is 0 Å². The lowest BCUT2D eigenvalue weighted by molar-refractivity contribution is -0.374. The van der Waals surface area contributed by atoms with Gasteiger partial charge in [-0.3, -0.25) is 0 Å². The molecule has 3 aliphatic heterocycles. The molecule has 0 spiro atoms. The number of aliphatic hydroxyl groups is 8. The second kappa shape index (κ2) is 11.3. The Morgan fingerprint density at radius 2 is 1.15 bits per heavy atom. The second-order valence-electron chi connectivity index (χ2n) is 8.09. The zero-order valence-electron chi connectivity index (χ0n) is 17.9. The fourth-order valence-corrected chi connectivity index (χ4v) is 3.98. The third kappa shape index (κ3) is 5.20. The number of carboxylic acid groups (broad SMARTS) is 1. The quantitative estimate of drug-likeness (QED) is 0.150. The number of methoxy groups -OCH3 is 1. The molecule has 3 rings (SSSR count). The zero-order valence-corrected chi connectivity index (χ0v) is 17.9. The van der Waals surface area contributed by atoms with Crippen LogP contribution in [-0.4, -0.2) is 158 Å². The van der Waals surface area contributed by atoms with Crippen molar-refractivity contribution in [3.05, 3.63) is 0 Å². The molecule has 3 fully saturated rings. The van der Waals surface area contributed by atoms with Crippen molar-refractivity contribution in [3.63, 3.8) is 0 Å². The molecule has 0 bridgehead atoms. The minimum Gasteiger partial charge on any atom is -0.479 e. The molecule has 3 aliphatic rings. The number of hydrogen-bond acceptors (Lipinski definition) is 15. The first-order valence-corrected chi connectivity index (χ1v) is 10.4. The van der Waals surface area contributed by atoms with Crippen LogP contribution in [0.2, 0.25) is 0 Å². The van der Waals surface area contributed by atoms with Crippen LogP contribution in [0.5, 0.6) is 0 Å². The van der Waals surface area contributed by atoms with Crippen molar-refractivity contribution in [1.82, 2.24) is 0 Å². The number of aliphatic carboxylic acids is 1. The van der Waals surface area contributed by atoms with Gasteiger partial charge in [0, 0.05) is 7.11 Å². The maximum absolute atomic E-state index is 11.6. The van der Waals surface area contributed by atoms with E-state index >= 15 is 0 Å². The van der Waals surface area contributed by atoms with E-state index in [1.807, 2.05) is 0 Å². The van der Waals surface area contributed by atoms with Crippen LogP contribution in [0.4, 0.5) is 0 Å². The van der Waals surface area contributed by atoms with Gasteiger partial charge in [-0.15, -0.1) is 0 Å². The van der Waals surface area contributed by atoms with E-state index in [0.717, 1.165) is 7.11 Å². The molecule has 0 aromatic carbocycles. The Labute approximate surface area is 192 Å². The highest BCUT2D eigenvalue weighted by Crippen LogP contribution is 2.33. The van der Waals surface area contributed by atoms with Gasteiger partial charge in [-0.1, -0.05) is 0 Å². The molecule has 3 saturated heterocycles. The van der Waals surface area contributed by atoms with Gasteiger partial charge in [-0.25, -0.2) is 4.79 Å². The monoisotopic (exact) mass is 502 g/mol. The van der Waals surface area contributed by atoms with E-state index in [9.17, 15) is 50.8 Å². The molecule has 9 N–H and O–H groups in total. The van der Waals surface area contributed by atoms with Gasteiger partial charge >= 0.3 is 5.97 Å². The largest absolute Gasteiger partial charge is 0.479 e. The SMILES string of the molecule is COC1OC(C(=O)O)C(O)C(OC2OC(CO)C(O)C2O)C1OC1OC(CO)C(O)C(O)C1O. The zero-order chi connectivity index (χ0) is 25.3. The number of aliphatic hydroxyl groups excluding tert-OH is 8. The van der Waals surface area contributed by atoms with Crippen molar-refractivity contribution >= 4 is 5.97 Å². The molecule has 16 heteroatoms. The summed E-state index contributed by atoms with van der Waals surface area (Å²) in [5.41, 5.74) is 0. The highest BCUT2D eigenvalue weighted by atomic mass is 16.8. The van der Waals surface area contributed by atoms with Gasteiger partial charge in [-0.2, -0.15) is 0 Å². The number of ether oxygens (including phenoxy) is 6. The van der Waals surface area contributed by atoms with Crippen molar-refractivity contribution in [1.29, 1.82) is 0 Å². The summed E-state index contributed by atoms with van der Waals surface area (Å²) in [6.07, 6.45) is -23.4. The third-order valence-corrected chi connectivity index (χ3v) is 5.92. The predicted molar refractivity (Wildman–Crippen MR) is 101 cm³/mol. The maximum atomic E-state index is 11.6. The lowest BCUT2D eigenvalue weighted by atomic mass is 9.96. The first-order chi connectivity index (χ1) is 16.0. The third-order valence-electron chi connectivity index (χ3n) is 5.92. The summed E-state index contributed by atoms with van der Waals surface area (Å²) >= 11 is 0. The topological polar surface area (TPSA) is 255 Å². The Bertz CT molecular complexity index is 678. The van der Waals surface area contributed by atoms with Crippen LogP contribution < -0.4 is 0 Å². The van der Waals surface area contributed by atoms with Gasteiger partial charge in [-0.05, 0) is 0 Å². The molecule has 16 nitrogen and oxygen atoms in total. The van der Waals surface area contributed by atoms with Crippen molar-refractivity contribution in [2.75, 3.05) is 20.3 Å². The summed E-state index contributed by atoms with van der Waals surface area (Å²) in [5.74, 6) is -1.60.